The molecule has 1 aromatic heterocycles. The molecule has 0 bridgehead atoms. The molecule has 1 atom stereocenters. The molecule has 1 N–H and O–H groups in total. The first-order chi connectivity index (χ1) is 13.7. The summed E-state index contributed by atoms with van der Waals surface area (Å²) in [5.74, 6) is 2.12. The Morgan fingerprint density at radius 1 is 1.14 bits per heavy atom. The highest BCUT2D eigenvalue weighted by atomic mass is 32.2. The fourth-order valence-corrected chi connectivity index (χ4v) is 4.63. The van der Waals surface area contributed by atoms with Crippen LogP contribution in [0.2, 0.25) is 0 Å². The first-order valence-corrected chi connectivity index (χ1v) is 11.0. The summed E-state index contributed by atoms with van der Waals surface area (Å²) < 4.78 is 2.30. The van der Waals surface area contributed by atoms with Crippen molar-refractivity contribution in [2.75, 3.05) is 5.75 Å². The lowest BCUT2D eigenvalue weighted by atomic mass is 10.00. The summed E-state index contributed by atoms with van der Waals surface area (Å²) >= 11 is 1.51. The van der Waals surface area contributed by atoms with Gasteiger partial charge < -0.3 is 9.88 Å². The number of nitrogens with zero attached hydrogens (tertiary/aromatic N) is 3. The molecule has 5 nitrogen and oxygen atoms in total. The Kier molecular flexibility index (Phi) is 4.59. The van der Waals surface area contributed by atoms with Crippen LogP contribution in [0.3, 0.4) is 0 Å². The minimum absolute atomic E-state index is 0.0313. The van der Waals surface area contributed by atoms with Crippen LogP contribution in [0.5, 0.6) is 0 Å². The first kappa shape index (κ1) is 17.7. The number of hydrogen-bond donors (Lipinski definition) is 1. The van der Waals surface area contributed by atoms with E-state index in [4.69, 9.17) is 0 Å². The summed E-state index contributed by atoms with van der Waals surface area (Å²) in [4.78, 5) is 12.6. The lowest BCUT2D eigenvalue weighted by Gasteiger charge is -2.16. The lowest BCUT2D eigenvalue weighted by molar-refractivity contribution is -0.119. The molecule has 6 heteroatoms. The maximum absolute atomic E-state index is 12.6. The lowest BCUT2D eigenvalue weighted by Crippen LogP contribution is -2.28. The molecule has 0 spiro atoms. The molecule has 5 rings (SSSR count). The number of fused-ring (bicyclic) bond motifs is 1. The van der Waals surface area contributed by atoms with Crippen LogP contribution in [0.25, 0.3) is 10.8 Å². The van der Waals surface area contributed by atoms with E-state index in [2.05, 4.69) is 44.3 Å². The second-order valence-electron chi connectivity index (χ2n) is 7.86. The van der Waals surface area contributed by atoms with E-state index >= 15 is 0 Å². The number of benzene rings is 2. The van der Waals surface area contributed by atoms with Crippen molar-refractivity contribution < 1.29 is 4.79 Å². The molecule has 2 aliphatic carbocycles. The molecule has 0 aliphatic heterocycles. The van der Waals surface area contributed by atoms with E-state index in [0.29, 0.717) is 17.7 Å². The highest BCUT2D eigenvalue weighted by Gasteiger charge is 2.36. The van der Waals surface area contributed by atoms with Crippen LogP contribution in [0.1, 0.15) is 62.0 Å². The van der Waals surface area contributed by atoms with Crippen molar-refractivity contribution in [3.63, 3.8) is 0 Å². The summed E-state index contributed by atoms with van der Waals surface area (Å²) in [5.41, 5.74) is 1.15. The number of carbonyl (C=O) groups is 1. The molecule has 3 aromatic rings. The molecule has 28 heavy (non-hydrogen) atoms. The fourth-order valence-electron chi connectivity index (χ4n) is 3.80. The normalized spacial score (nSPS) is 17.6. The predicted octanol–water partition coefficient (Wildman–Crippen LogP) is 4.61. The monoisotopic (exact) mass is 392 g/mol. The highest BCUT2D eigenvalue weighted by molar-refractivity contribution is 7.99. The van der Waals surface area contributed by atoms with Crippen LogP contribution < -0.4 is 5.32 Å². The molecule has 2 aromatic carbocycles. The Balaban J connectivity index is 1.25. The number of thioether (sulfide) groups is 1. The van der Waals surface area contributed by atoms with Crippen molar-refractivity contribution in [3.8, 4) is 0 Å². The number of amides is 1. The van der Waals surface area contributed by atoms with Crippen LogP contribution in [-0.2, 0) is 4.79 Å². The van der Waals surface area contributed by atoms with Crippen LogP contribution in [0.15, 0.2) is 47.6 Å². The summed E-state index contributed by atoms with van der Waals surface area (Å²) in [7, 11) is 0. The molecule has 0 saturated heterocycles. The number of rotatable bonds is 7. The Hall–Kier alpha value is -2.34. The highest BCUT2D eigenvalue weighted by Crippen LogP contribution is 2.46. The Bertz CT molecular complexity index is 1020. The molecule has 1 heterocycles. The Morgan fingerprint density at radius 3 is 2.71 bits per heavy atom. The molecule has 2 saturated carbocycles. The fraction of sp³-hybridized carbons (Fsp3) is 0.409. The second kappa shape index (κ2) is 7.24. The molecule has 0 unspecified atom stereocenters. The summed E-state index contributed by atoms with van der Waals surface area (Å²) in [6, 6.07) is 15.0. The second-order valence-corrected chi connectivity index (χ2v) is 8.80. The molecule has 0 radical (unpaired) electrons. The van der Waals surface area contributed by atoms with Gasteiger partial charge in [0.2, 0.25) is 5.91 Å². The van der Waals surface area contributed by atoms with E-state index in [-0.39, 0.29) is 11.9 Å². The van der Waals surface area contributed by atoms with Gasteiger partial charge in [-0.3, -0.25) is 4.79 Å². The van der Waals surface area contributed by atoms with Gasteiger partial charge in [-0.05, 0) is 48.9 Å². The van der Waals surface area contributed by atoms with Crippen LogP contribution in [0, 0.1) is 0 Å². The van der Waals surface area contributed by atoms with Gasteiger partial charge in [0.25, 0.3) is 0 Å². The van der Waals surface area contributed by atoms with E-state index in [1.165, 1.54) is 48.2 Å². The quantitative estimate of drug-likeness (QED) is 0.596. The molecule has 144 valence electrons. The average molecular weight is 393 g/mol. The van der Waals surface area contributed by atoms with Crippen LogP contribution in [0.4, 0.5) is 0 Å². The third kappa shape index (κ3) is 3.53. The zero-order chi connectivity index (χ0) is 19.1. The minimum atomic E-state index is -0.0393. The van der Waals surface area contributed by atoms with Crippen LogP contribution >= 0.6 is 11.8 Å². The zero-order valence-corrected chi connectivity index (χ0v) is 16.8. The number of nitrogens with one attached hydrogen (secondary N) is 1. The van der Waals surface area contributed by atoms with Gasteiger partial charge >= 0.3 is 0 Å². The van der Waals surface area contributed by atoms with Gasteiger partial charge in [-0.2, -0.15) is 0 Å². The smallest absolute Gasteiger partial charge is 0.230 e. The van der Waals surface area contributed by atoms with Crippen molar-refractivity contribution >= 4 is 28.4 Å². The van der Waals surface area contributed by atoms with Crippen molar-refractivity contribution in [1.82, 2.24) is 20.1 Å². The third-order valence-electron chi connectivity index (χ3n) is 5.55. The van der Waals surface area contributed by atoms with E-state index in [1.807, 2.05) is 25.1 Å². The average Bonchev–Trinajstić information content (AvgIpc) is 3.64. The standard InChI is InChI=1S/C22H24N4OS/c1-14(18-8-4-6-15-5-2-3-7-19(15)18)23-20(27)13-28-22-25-24-21(16-9-10-16)26(22)17-11-12-17/h2-8,14,16-17H,9-13H2,1H3,(H,23,27)/t14-/m0/s1. The maximum atomic E-state index is 12.6. The number of aromatic nitrogens is 3. The molecule has 1 amide bonds. The van der Waals surface area contributed by atoms with Crippen LogP contribution in [-0.4, -0.2) is 26.4 Å². The maximum Gasteiger partial charge on any atom is 0.230 e. The molecule has 2 fully saturated rings. The topological polar surface area (TPSA) is 59.8 Å². The van der Waals surface area contributed by atoms with Gasteiger partial charge in [0, 0.05) is 12.0 Å². The summed E-state index contributed by atoms with van der Waals surface area (Å²) in [6.07, 6.45) is 4.85. The Labute approximate surface area is 168 Å². The largest absolute Gasteiger partial charge is 0.349 e. The van der Waals surface area contributed by atoms with Gasteiger partial charge in [0.05, 0.1) is 11.8 Å². The molecule has 2 aliphatic rings. The van der Waals surface area contributed by atoms with Gasteiger partial charge in [0.15, 0.2) is 5.16 Å². The number of hydrogen-bond acceptors (Lipinski definition) is 4. The van der Waals surface area contributed by atoms with Crippen molar-refractivity contribution in [1.29, 1.82) is 0 Å². The van der Waals surface area contributed by atoms with Crippen molar-refractivity contribution in [2.45, 2.75) is 55.8 Å². The SMILES string of the molecule is C[C@H](NC(=O)CSc1nnc(C2CC2)n1C1CC1)c1cccc2ccccc12. The van der Waals surface area contributed by atoms with Gasteiger partial charge in [-0.25, -0.2) is 0 Å². The van der Waals surface area contributed by atoms with Gasteiger partial charge in [-0.1, -0.05) is 54.2 Å². The molecular weight excluding hydrogens is 368 g/mol. The minimum Gasteiger partial charge on any atom is -0.349 e. The van der Waals surface area contributed by atoms with Crippen molar-refractivity contribution in [3.05, 3.63) is 53.9 Å². The predicted molar refractivity (Wildman–Crippen MR) is 111 cm³/mol. The van der Waals surface area contributed by atoms with E-state index < -0.39 is 0 Å². The number of carbonyl (C=O) groups excluding carboxylic acids is 1. The van der Waals surface area contributed by atoms with Gasteiger partial charge in [0.1, 0.15) is 5.82 Å². The summed E-state index contributed by atoms with van der Waals surface area (Å²) in [6.45, 7) is 2.04. The van der Waals surface area contributed by atoms with E-state index in [9.17, 15) is 4.79 Å². The van der Waals surface area contributed by atoms with Gasteiger partial charge in [-0.15, -0.1) is 10.2 Å². The Morgan fingerprint density at radius 2 is 1.93 bits per heavy atom. The first-order valence-electron chi connectivity index (χ1n) is 10.1. The molecular formula is C22H24N4OS. The third-order valence-corrected chi connectivity index (χ3v) is 6.49. The van der Waals surface area contributed by atoms with E-state index in [1.54, 1.807) is 0 Å². The zero-order valence-electron chi connectivity index (χ0n) is 16.0. The summed E-state index contributed by atoms with van der Waals surface area (Å²) in [5, 5.41) is 15.2. The van der Waals surface area contributed by atoms with E-state index in [0.717, 1.165) is 16.5 Å². The van der Waals surface area contributed by atoms with Crippen molar-refractivity contribution in [2.24, 2.45) is 0 Å².